The van der Waals surface area contributed by atoms with E-state index in [-0.39, 0.29) is 11.8 Å². The van der Waals surface area contributed by atoms with Crippen molar-refractivity contribution in [2.45, 2.75) is 31.2 Å². The van der Waals surface area contributed by atoms with Crippen LogP contribution in [-0.2, 0) is 9.84 Å². The molecule has 0 saturated carbocycles. The van der Waals surface area contributed by atoms with Crippen LogP contribution in [0, 0.1) is 0 Å². The van der Waals surface area contributed by atoms with Crippen LogP contribution in [-0.4, -0.2) is 54.0 Å². The van der Waals surface area contributed by atoms with Crippen molar-refractivity contribution < 1.29 is 22.6 Å². The number of methoxy groups -OCH3 is 3. The summed E-state index contributed by atoms with van der Waals surface area (Å²) in [4.78, 5) is 4.76. The fourth-order valence-corrected chi connectivity index (χ4v) is 4.63. The minimum Gasteiger partial charge on any atom is -0.493 e. The molecule has 2 N–H and O–H groups in total. The maximum absolute atomic E-state index is 12.8. The number of hydrogen-bond donors (Lipinski definition) is 2. The van der Waals surface area contributed by atoms with Gasteiger partial charge in [0.25, 0.3) is 0 Å². The van der Waals surface area contributed by atoms with E-state index in [0.717, 1.165) is 0 Å². The van der Waals surface area contributed by atoms with Crippen molar-refractivity contribution in [3.05, 3.63) is 42.5 Å². The molecule has 2 rings (SSSR count). The normalized spacial score (nSPS) is 12.7. The van der Waals surface area contributed by atoms with Gasteiger partial charge in [0.15, 0.2) is 27.3 Å². The van der Waals surface area contributed by atoms with E-state index in [4.69, 9.17) is 14.2 Å². The molecule has 1 unspecified atom stereocenters. The summed E-state index contributed by atoms with van der Waals surface area (Å²) in [7, 11) is 1.19. The van der Waals surface area contributed by atoms with Gasteiger partial charge in [0.2, 0.25) is 5.75 Å². The third-order valence-electron chi connectivity index (χ3n) is 4.60. The third kappa shape index (κ3) is 6.52. The zero-order valence-electron chi connectivity index (χ0n) is 18.6. The molecule has 0 heterocycles. The molecule has 0 spiro atoms. The second kappa shape index (κ2) is 11.5. The van der Waals surface area contributed by atoms with Crippen LogP contribution in [0.2, 0.25) is 0 Å². The van der Waals surface area contributed by atoms with Crippen molar-refractivity contribution in [3.8, 4) is 17.2 Å². The number of hydrogen-bond acceptors (Lipinski definition) is 6. The Labute approximate surface area is 184 Å². The van der Waals surface area contributed by atoms with Gasteiger partial charge in [-0.05, 0) is 25.5 Å². The van der Waals surface area contributed by atoms with E-state index >= 15 is 0 Å². The molecule has 0 aliphatic rings. The highest BCUT2D eigenvalue weighted by molar-refractivity contribution is 7.91. The molecule has 0 aromatic heterocycles. The van der Waals surface area contributed by atoms with Crippen molar-refractivity contribution in [3.63, 3.8) is 0 Å². The average molecular weight is 450 g/mol. The highest BCUT2D eigenvalue weighted by atomic mass is 32.2. The first-order valence-corrected chi connectivity index (χ1v) is 11.7. The predicted molar refractivity (Wildman–Crippen MR) is 123 cm³/mol. The number of ether oxygens (including phenoxy) is 3. The first kappa shape index (κ1) is 24.3. The minimum absolute atomic E-state index is 0.0484. The number of aliphatic imine (C=N–C) groups is 1. The van der Waals surface area contributed by atoms with Gasteiger partial charge in [0.05, 0.1) is 32.0 Å². The Hall–Kier alpha value is -2.94. The van der Waals surface area contributed by atoms with Crippen LogP contribution in [0.5, 0.6) is 17.2 Å². The van der Waals surface area contributed by atoms with Gasteiger partial charge >= 0.3 is 0 Å². The van der Waals surface area contributed by atoms with Crippen LogP contribution in [0.3, 0.4) is 0 Å². The largest absolute Gasteiger partial charge is 0.493 e. The van der Waals surface area contributed by atoms with Crippen LogP contribution >= 0.6 is 0 Å². The average Bonchev–Trinajstić information content (AvgIpc) is 2.78. The van der Waals surface area contributed by atoms with Gasteiger partial charge in [0, 0.05) is 30.4 Å². The summed E-state index contributed by atoms with van der Waals surface area (Å²) in [6.45, 7) is 4.35. The number of anilines is 1. The molecule has 170 valence electrons. The first-order valence-electron chi connectivity index (χ1n) is 10.0. The molecule has 2 aromatic rings. The van der Waals surface area contributed by atoms with E-state index in [9.17, 15) is 8.42 Å². The quantitative estimate of drug-likeness (QED) is 0.424. The Morgan fingerprint density at radius 3 is 2.10 bits per heavy atom. The molecule has 2 aromatic carbocycles. The summed E-state index contributed by atoms with van der Waals surface area (Å²) in [6, 6.07) is 11.6. The molecule has 0 bridgehead atoms. The minimum atomic E-state index is -3.44. The number of guanidine groups is 1. The molecule has 0 fully saturated rings. The molecular weight excluding hydrogens is 418 g/mol. The van der Waals surface area contributed by atoms with Crippen LogP contribution in [0.15, 0.2) is 52.4 Å². The molecule has 0 aliphatic heterocycles. The molecule has 9 heteroatoms. The summed E-state index contributed by atoms with van der Waals surface area (Å²) in [6.07, 6.45) is 0.603. The maximum Gasteiger partial charge on any atom is 0.203 e. The van der Waals surface area contributed by atoms with Crippen LogP contribution in [0.25, 0.3) is 0 Å². The molecule has 0 aliphatic carbocycles. The Morgan fingerprint density at radius 2 is 1.61 bits per heavy atom. The summed E-state index contributed by atoms with van der Waals surface area (Å²) in [5, 5.41) is 6.43. The maximum atomic E-state index is 12.8. The van der Waals surface area contributed by atoms with Gasteiger partial charge in [-0.15, -0.1) is 0 Å². The lowest BCUT2D eigenvalue weighted by molar-refractivity contribution is 0.324. The molecule has 0 saturated heterocycles. The molecular formula is C22H31N3O5S. The lowest BCUT2D eigenvalue weighted by Gasteiger charge is -2.21. The Bertz CT molecular complexity index is 953. The van der Waals surface area contributed by atoms with E-state index in [1.165, 1.54) is 7.11 Å². The van der Waals surface area contributed by atoms with Crippen molar-refractivity contribution in [2.24, 2.45) is 4.99 Å². The Morgan fingerprint density at radius 1 is 1.00 bits per heavy atom. The Balaban J connectivity index is 2.23. The van der Waals surface area contributed by atoms with Crippen LogP contribution < -0.4 is 24.8 Å². The number of benzene rings is 2. The van der Waals surface area contributed by atoms with Gasteiger partial charge in [-0.25, -0.2) is 8.42 Å². The fourth-order valence-electron chi connectivity index (χ4n) is 3.01. The second-order valence-corrected chi connectivity index (χ2v) is 8.74. The lowest BCUT2D eigenvalue weighted by Crippen LogP contribution is -2.42. The number of nitrogens with zero attached hydrogens (tertiary/aromatic N) is 1. The number of rotatable bonds is 10. The second-order valence-electron chi connectivity index (χ2n) is 6.71. The van der Waals surface area contributed by atoms with E-state index in [1.54, 1.807) is 56.7 Å². The summed E-state index contributed by atoms with van der Waals surface area (Å²) >= 11 is 0. The molecule has 31 heavy (non-hydrogen) atoms. The van der Waals surface area contributed by atoms with Crippen LogP contribution in [0.4, 0.5) is 5.69 Å². The highest BCUT2D eigenvalue weighted by Crippen LogP contribution is 2.39. The summed E-state index contributed by atoms with van der Waals surface area (Å²) < 4.78 is 41.7. The summed E-state index contributed by atoms with van der Waals surface area (Å²) in [5.41, 5.74) is 0.662. The van der Waals surface area contributed by atoms with Crippen molar-refractivity contribution in [1.29, 1.82) is 0 Å². The smallest absolute Gasteiger partial charge is 0.203 e. The SMILES string of the molecule is CCN=C(Nc1cc(OC)c(OC)c(OC)c1)NC(CC)CS(=O)(=O)c1ccccc1. The number of nitrogens with one attached hydrogen (secondary N) is 2. The number of sulfone groups is 1. The van der Waals surface area contributed by atoms with E-state index < -0.39 is 9.84 Å². The molecule has 0 radical (unpaired) electrons. The van der Waals surface area contributed by atoms with E-state index in [0.29, 0.717) is 46.8 Å². The van der Waals surface area contributed by atoms with Crippen molar-refractivity contribution in [1.82, 2.24) is 5.32 Å². The van der Waals surface area contributed by atoms with Gasteiger partial charge in [-0.2, -0.15) is 0 Å². The van der Waals surface area contributed by atoms with Gasteiger partial charge in [-0.3, -0.25) is 4.99 Å². The van der Waals surface area contributed by atoms with E-state index in [2.05, 4.69) is 15.6 Å². The fraction of sp³-hybridized carbons (Fsp3) is 0.409. The van der Waals surface area contributed by atoms with Gasteiger partial charge < -0.3 is 24.8 Å². The molecule has 8 nitrogen and oxygen atoms in total. The standard InChI is InChI=1S/C22H31N3O5S/c1-6-16(15-31(26,27)18-11-9-8-10-12-18)24-22(23-7-2)25-17-13-19(28-3)21(30-5)20(14-17)29-4/h8-14,16H,6-7,15H2,1-5H3,(H2,23,24,25). The zero-order chi connectivity index (χ0) is 22.9. The van der Waals surface area contributed by atoms with Crippen molar-refractivity contribution >= 4 is 21.5 Å². The van der Waals surface area contributed by atoms with Gasteiger partial charge in [-0.1, -0.05) is 25.1 Å². The predicted octanol–water partition coefficient (Wildman–Crippen LogP) is 3.34. The van der Waals surface area contributed by atoms with Crippen molar-refractivity contribution in [2.75, 3.05) is 38.9 Å². The highest BCUT2D eigenvalue weighted by Gasteiger charge is 2.21. The van der Waals surface area contributed by atoms with Crippen LogP contribution in [0.1, 0.15) is 20.3 Å². The monoisotopic (exact) mass is 449 g/mol. The summed E-state index contributed by atoms with van der Waals surface area (Å²) in [5.74, 6) is 1.90. The van der Waals surface area contributed by atoms with E-state index in [1.807, 2.05) is 13.8 Å². The molecule has 1 atom stereocenters. The zero-order valence-corrected chi connectivity index (χ0v) is 19.5. The molecule has 0 amide bonds. The van der Waals surface area contributed by atoms with Gasteiger partial charge in [0.1, 0.15) is 0 Å². The Kier molecular flexibility index (Phi) is 8.99. The topological polar surface area (TPSA) is 98.2 Å². The third-order valence-corrected chi connectivity index (χ3v) is 6.43. The first-order chi connectivity index (χ1) is 14.9. The lowest BCUT2D eigenvalue weighted by atomic mass is 10.2.